The lowest BCUT2D eigenvalue weighted by atomic mass is 10.5. The standard InChI is InChI=1S/C7H10NO/c1-2-3-4-8-5-6-9-7-8/h2-3,5-6H,1,4,7H2. The van der Waals surface area contributed by atoms with Crippen LogP contribution in [-0.4, -0.2) is 18.2 Å². The summed E-state index contributed by atoms with van der Waals surface area (Å²) in [6.45, 7) is 5.13. The number of nitrogens with zero attached hydrogens (tertiary/aromatic N) is 1. The van der Waals surface area contributed by atoms with E-state index in [1.807, 2.05) is 17.2 Å². The maximum Gasteiger partial charge on any atom is 0.160 e. The number of hydrogen-bond acceptors (Lipinski definition) is 2. The van der Waals surface area contributed by atoms with Crippen LogP contribution in [0.3, 0.4) is 0 Å². The van der Waals surface area contributed by atoms with E-state index in [2.05, 4.69) is 6.92 Å². The SMILES string of the molecule is [CH2]C=CCN1C=COC1. The third-order valence-electron chi connectivity index (χ3n) is 1.11. The largest absolute Gasteiger partial charge is 0.479 e. The Bertz CT molecular complexity index is 129. The lowest BCUT2D eigenvalue weighted by Gasteiger charge is -2.08. The Morgan fingerprint density at radius 2 is 2.67 bits per heavy atom. The highest BCUT2D eigenvalue weighted by atomic mass is 16.5. The van der Waals surface area contributed by atoms with Crippen molar-refractivity contribution in [3.8, 4) is 0 Å². The molecule has 0 aromatic carbocycles. The summed E-state index contributed by atoms with van der Waals surface area (Å²) in [6, 6.07) is 0. The zero-order valence-electron chi connectivity index (χ0n) is 5.29. The summed E-state index contributed by atoms with van der Waals surface area (Å²) in [4.78, 5) is 2.04. The number of ether oxygens (including phenoxy) is 1. The molecule has 0 spiro atoms. The highest BCUT2D eigenvalue weighted by Crippen LogP contribution is 1.99. The molecule has 0 saturated carbocycles. The van der Waals surface area contributed by atoms with Crippen LogP contribution in [0.1, 0.15) is 0 Å². The van der Waals surface area contributed by atoms with Gasteiger partial charge in [0.25, 0.3) is 0 Å². The van der Waals surface area contributed by atoms with Gasteiger partial charge in [0.05, 0.1) is 0 Å². The van der Waals surface area contributed by atoms with Crippen molar-refractivity contribution in [2.45, 2.75) is 0 Å². The maximum atomic E-state index is 4.95. The smallest absolute Gasteiger partial charge is 0.160 e. The number of hydrogen-bond donors (Lipinski definition) is 0. The molecule has 0 unspecified atom stereocenters. The molecule has 1 rings (SSSR count). The Hall–Kier alpha value is -0.920. The van der Waals surface area contributed by atoms with Gasteiger partial charge in [-0.15, -0.1) is 0 Å². The van der Waals surface area contributed by atoms with Crippen molar-refractivity contribution in [1.29, 1.82) is 0 Å². The van der Waals surface area contributed by atoms with E-state index in [1.54, 1.807) is 12.3 Å². The Morgan fingerprint density at radius 1 is 1.78 bits per heavy atom. The summed E-state index contributed by atoms with van der Waals surface area (Å²) in [5, 5.41) is 0. The van der Waals surface area contributed by atoms with E-state index in [-0.39, 0.29) is 0 Å². The van der Waals surface area contributed by atoms with Gasteiger partial charge in [0, 0.05) is 12.7 Å². The normalized spacial score (nSPS) is 17.2. The Balaban J connectivity index is 2.20. The van der Waals surface area contributed by atoms with Crippen LogP contribution in [-0.2, 0) is 4.74 Å². The van der Waals surface area contributed by atoms with Crippen LogP contribution >= 0.6 is 0 Å². The molecule has 9 heavy (non-hydrogen) atoms. The molecule has 0 aliphatic carbocycles. The van der Waals surface area contributed by atoms with Crippen molar-refractivity contribution in [2.24, 2.45) is 0 Å². The first-order chi connectivity index (χ1) is 4.43. The average Bonchev–Trinajstić information content (AvgIpc) is 2.34. The van der Waals surface area contributed by atoms with Gasteiger partial charge in [0.15, 0.2) is 6.73 Å². The summed E-state index contributed by atoms with van der Waals surface area (Å²) in [5.74, 6) is 0. The summed E-state index contributed by atoms with van der Waals surface area (Å²) < 4.78 is 4.95. The summed E-state index contributed by atoms with van der Waals surface area (Å²) >= 11 is 0. The van der Waals surface area contributed by atoms with Gasteiger partial charge in [-0.25, -0.2) is 0 Å². The first-order valence-corrected chi connectivity index (χ1v) is 2.90. The second-order valence-electron chi connectivity index (χ2n) is 1.82. The highest BCUT2D eigenvalue weighted by Gasteiger charge is 1.99. The van der Waals surface area contributed by atoms with E-state index in [0.29, 0.717) is 6.73 Å². The minimum Gasteiger partial charge on any atom is -0.479 e. The van der Waals surface area contributed by atoms with Crippen molar-refractivity contribution in [3.63, 3.8) is 0 Å². The van der Waals surface area contributed by atoms with E-state index in [1.165, 1.54) is 0 Å². The van der Waals surface area contributed by atoms with E-state index in [9.17, 15) is 0 Å². The van der Waals surface area contributed by atoms with Crippen molar-refractivity contribution in [3.05, 3.63) is 31.5 Å². The van der Waals surface area contributed by atoms with Gasteiger partial charge in [-0.2, -0.15) is 0 Å². The number of rotatable bonds is 2. The second-order valence-corrected chi connectivity index (χ2v) is 1.82. The lowest BCUT2D eigenvalue weighted by Crippen LogP contribution is -2.14. The van der Waals surface area contributed by atoms with Gasteiger partial charge >= 0.3 is 0 Å². The van der Waals surface area contributed by atoms with Crippen LogP contribution in [0.2, 0.25) is 0 Å². The van der Waals surface area contributed by atoms with Gasteiger partial charge in [-0.3, -0.25) is 0 Å². The molecule has 1 radical (unpaired) electrons. The van der Waals surface area contributed by atoms with Crippen molar-refractivity contribution >= 4 is 0 Å². The van der Waals surface area contributed by atoms with Gasteiger partial charge in [-0.05, 0) is 6.92 Å². The predicted molar refractivity (Wildman–Crippen MR) is 36.3 cm³/mol. The van der Waals surface area contributed by atoms with Crippen molar-refractivity contribution in [1.82, 2.24) is 4.90 Å². The molecule has 0 fully saturated rings. The van der Waals surface area contributed by atoms with Gasteiger partial charge < -0.3 is 9.64 Å². The quantitative estimate of drug-likeness (QED) is 0.547. The fourth-order valence-corrected chi connectivity index (χ4v) is 0.634. The molecular weight excluding hydrogens is 114 g/mol. The van der Waals surface area contributed by atoms with E-state index >= 15 is 0 Å². The topological polar surface area (TPSA) is 12.5 Å². The van der Waals surface area contributed by atoms with Gasteiger partial charge in [-0.1, -0.05) is 12.2 Å². The molecule has 0 amide bonds. The van der Waals surface area contributed by atoms with Gasteiger partial charge in [0.1, 0.15) is 6.26 Å². The molecular formula is C7H10NO. The molecule has 0 bridgehead atoms. The minimum absolute atomic E-state index is 0.671. The van der Waals surface area contributed by atoms with Crippen LogP contribution in [0.5, 0.6) is 0 Å². The average molecular weight is 124 g/mol. The van der Waals surface area contributed by atoms with Crippen LogP contribution in [0.4, 0.5) is 0 Å². The molecule has 2 heteroatoms. The molecule has 0 aromatic rings. The third-order valence-corrected chi connectivity index (χ3v) is 1.11. The van der Waals surface area contributed by atoms with Crippen LogP contribution < -0.4 is 0 Å². The highest BCUT2D eigenvalue weighted by molar-refractivity contribution is 4.91. The van der Waals surface area contributed by atoms with Crippen LogP contribution in [0, 0.1) is 6.92 Å². The Morgan fingerprint density at radius 3 is 3.22 bits per heavy atom. The summed E-state index contributed by atoms with van der Waals surface area (Å²) in [5.41, 5.74) is 0. The first-order valence-electron chi connectivity index (χ1n) is 2.90. The molecule has 0 saturated heterocycles. The second kappa shape index (κ2) is 3.17. The minimum atomic E-state index is 0.671. The van der Waals surface area contributed by atoms with Crippen molar-refractivity contribution < 1.29 is 4.74 Å². The first kappa shape index (κ1) is 6.20. The third kappa shape index (κ3) is 1.80. The molecule has 0 aromatic heterocycles. The molecule has 1 heterocycles. The monoisotopic (exact) mass is 124 g/mol. The zero-order chi connectivity index (χ0) is 6.53. The summed E-state index contributed by atoms with van der Waals surface area (Å²) in [7, 11) is 0. The Labute approximate surface area is 55.4 Å². The fraction of sp³-hybridized carbons (Fsp3) is 0.286. The number of allylic oxidation sites excluding steroid dienone is 1. The molecule has 0 N–H and O–H groups in total. The molecule has 49 valence electrons. The zero-order valence-corrected chi connectivity index (χ0v) is 5.29. The van der Waals surface area contributed by atoms with E-state index < -0.39 is 0 Å². The lowest BCUT2D eigenvalue weighted by molar-refractivity contribution is 0.181. The molecule has 1 aliphatic rings. The van der Waals surface area contributed by atoms with Crippen LogP contribution in [0.25, 0.3) is 0 Å². The molecule has 1 aliphatic heterocycles. The Kier molecular flexibility index (Phi) is 2.19. The fourth-order valence-electron chi connectivity index (χ4n) is 0.634. The van der Waals surface area contributed by atoms with E-state index in [0.717, 1.165) is 6.54 Å². The van der Waals surface area contributed by atoms with Crippen LogP contribution in [0.15, 0.2) is 24.6 Å². The van der Waals surface area contributed by atoms with E-state index in [4.69, 9.17) is 4.74 Å². The molecule has 2 nitrogen and oxygen atoms in total. The summed E-state index contributed by atoms with van der Waals surface area (Å²) in [6.07, 6.45) is 7.38. The molecule has 0 atom stereocenters. The predicted octanol–water partition coefficient (Wildman–Crippen LogP) is 1.14. The van der Waals surface area contributed by atoms with Crippen molar-refractivity contribution in [2.75, 3.05) is 13.3 Å². The van der Waals surface area contributed by atoms with Gasteiger partial charge in [0.2, 0.25) is 0 Å². The maximum absolute atomic E-state index is 4.95.